The predicted octanol–water partition coefficient (Wildman–Crippen LogP) is 3.28. The van der Waals surface area contributed by atoms with Crippen molar-refractivity contribution in [1.29, 1.82) is 0 Å². The molecular weight excluding hydrogens is 368 g/mol. The van der Waals surface area contributed by atoms with Gasteiger partial charge in [-0.3, -0.25) is 9.69 Å². The van der Waals surface area contributed by atoms with Crippen molar-refractivity contribution < 1.29 is 0 Å². The molecule has 2 aromatic rings. The number of piperidine rings is 1. The molecular formula is C19H29ClN4OS. The first-order chi connectivity index (χ1) is 12.1. The number of rotatable bonds is 3. The van der Waals surface area contributed by atoms with Crippen LogP contribution in [0.2, 0.25) is 0 Å². The minimum Gasteiger partial charge on any atom is -0.316 e. The first-order valence-electron chi connectivity index (χ1n) is 9.52. The van der Waals surface area contributed by atoms with Crippen LogP contribution in [0, 0.1) is 5.92 Å². The molecule has 1 aliphatic heterocycles. The summed E-state index contributed by atoms with van der Waals surface area (Å²) in [5.41, 5.74) is 1.32. The Kier molecular flexibility index (Phi) is 6.07. The Bertz CT molecular complexity index is 833. The van der Waals surface area contributed by atoms with Crippen molar-refractivity contribution in [2.24, 2.45) is 5.92 Å². The summed E-state index contributed by atoms with van der Waals surface area (Å²) in [5.74, 6) is 1.53. The molecule has 0 saturated carbocycles. The number of H-pyrrole nitrogens is 1. The van der Waals surface area contributed by atoms with Gasteiger partial charge in [0, 0.05) is 17.5 Å². The number of nitrogens with one attached hydrogen (secondary N) is 2. The van der Waals surface area contributed by atoms with E-state index in [9.17, 15) is 4.79 Å². The van der Waals surface area contributed by atoms with Gasteiger partial charge in [-0.2, -0.15) is 0 Å². The quantitative estimate of drug-likeness (QED) is 0.835. The number of likely N-dealkylation sites (tertiary alicyclic amines) is 1. The zero-order chi connectivity index (χ0) is 17.6. The standard InChI is InChI=1S/C19H28N4OS.ClH/c1-11-6-7-14-15(9-11)25-19-16(14)18(24)21-17(22-19)12(2)23-8-4-5-13(10-23)20-3;/h11-13,20H,4-10H2,1-3H3,(H,21,22,24);1H. The summed E-state index contributed by atoms with van der Waals surface area (Å²) in [6.45, 7) is 6.54. The van der Waals surface area contributed by atoms with Gasteiger partial charge in [-0.25, -0.2) is 4.98 Å². The Labute approximate surface area is 165 Å². The van der Waals surface area contributed by atoms with Crippen LogP contribution in [0.25, 0.3) is 10.2 Å². The van der Waals surface area contributed by atoms with Crippen molar-refractivity contribution in [3.8, 4) is 0 Å². The van der Waals surface area contributed by atoms with E-state index in [1.54, 1.807) is 11.3 Å². The summed E-state index contributed by atoms with van der Waals surface area (Å²) in [7, 11) is 2.03. The molecule has 0 spiro atoms. The van der Waals surface area contributed by atoms with E-state index in [4.69, 9.17) is 4.98 Å². The normalized spacial score (nSPS) is 24.9. The Balaban J connectivity index is 0.00000196. The molecule has 7 heteroatoms. The molecule has 0 amide bonds. The van der Waals surface area contributed by atoms with Crippen LogP contribution in [0.4, 0.5) is 0 Å². The molecule has 144 valence electrons. The van der Waals surface area contributed by atoms with E-state index in [1.165, 1.54) is 29.7 Å². The summed E-state index contributed by atoms with van der Waals surface area (Å²) in [5, 5.41) is 4.24. The Morgan fingerprint density at radius 3 is 2.96 bits per heavy atom. The zero-order valence-corrected chi connectivity index (χ0v) is 17.4. The lowest BCUT2D eigenvalue weighted by Crippen LogP contribution is -2.45. The average molecular weight is 397 g/mol. The summed E-state index contributed by atoms with van der Waals surface area (Å²) >= 11 is 1.74. The van der Waals surface area contributed by atoms with E-state index in [0.29, 0.717) is 12.0 Å². The molecule has 0 aromatic carbocycles. The highest BCUT2D eigenvalue weighted by atomic mass is 35.5. The van der Waals surface area contributed by atoms with E-state index in [0.717, 1.165) is 42.0 Å². The van der Waals surface area contributed by atoms with Crippen LogP contribution in [-0.2, 0) is 12.8 Å². The molecule has 0 bridgehead atoms. The smallest absolute Gasteiger partial charge is 0.259 e. The SMILES string of the molecule is CNC1CCCN(C(C)c2nc3sc4c(c3c(=O)[nH]2)CCC(C)C4)C1.Cl. The second kappa shape index (κ2) is 7.97. The van der Waals surface area contributed by atoms with Gasteiger partial charge in [0.25, 0.3) is 5.56 Å². The van der Waals surface area contributed by atoms with Crippen LogP contribution in [0.3, 0.4) is 0 Å². The summed E-state index contributed by atoms with van der Waals surface area (Å²) in [6.07, 6.45) is 5.70. The first-order valence-corrected chi connectivity index (χ1v) is 10.3. The number of nitrogens with zero attached hydrogens (tertiary/aromatic N) is 2. The number of halogens is 1. The van der Waals surface area contributed by atoms with E-state index >= 15 is 0 Å². The van der Waals surface area contributed by atoms with Gasteiger partial charge in [0.2, 0.25) is 0 Å². The Hall–Kier alpha value is -0.950. The first kappa shape index (κ1) is 19.8. The lowest BCUT2D eigenvalue weighted by atomic mass is 9.89. The van der Waals surface area contributed by atoms with E-state index in [2.05, 4.69) is 29.0 Å². The van der Waals surface area contributed by atoms with E-state index in [1.807, 2.05) is 7.05 Å². The molecule has 4 rings (SSSR count). The van der Waals surface area contributed by atoms with Crippen molar-refractivity contribution in [2.75, 3.05) is 20.1 Å². The maximum absolute atomic E-state index is 12.8. The zero-order valence-electron chi connectivity index (χ0n) is 15.8. The Morgan fingerprint density at radius 1 is 1.38 bits per heavy atom. The number of likely N-dealkylation sites (N-methyl/N-ethyl adjacent to an activating group) is 1. The van der Waals surface area contributed by atoms with Gasteiger partial charge in [0.1, 0.15) is 10.7 Å². The van der Waals surface area contributed by atoms with Gasteiger partial charge in [-0.1, -0.05) is 6.92 Å². The van der Waals surface area contributed by atoms with Crippen LogP contribution in [-0.4, -0.2) is 41.0 Å². The van der Waals surface area contributed by atoms with Gasteiger partial charge >= 0.3 is 0 Å². The number of aromatic amines is 1. The molecule has 2 aromatic heterocycles. The highest BCUT2D eigenvalue weighted by Crippen LogP contribution is 2.36. The molecule has 26 heavy (non-hydrogen) atoms. The topological polar surface area (TPSA) is 61.0 Å². The molecule has 2 N–H and O–H groups in total. The third-order valence-electron chi connectivity index (χ3n) is 5.99. The highest BCUT2D eigenvalue weighted by molar-refractivity contribution is 7.18. The number of thiophene rings is 1. The molecule has 0 radical (unpaired) electrons. The van der Waals surface area contributed by atoms with Crippen molar-refractivity contribution in [3.63, 3.8) is 0 Å². The minimum absolute atomic E-state index is 0. The molecule has 5 nitrogen and oxygen atoms in total. The lowest BCUT2D eigenvalue weighted by molar-refractivity contribution is 0.144. The summed E-state index contributed by atoms with van der Waals surface area (Å²) in [6, 6.07) is 0.675. The Morgan fingerprint density at radius 2 is 2.19 bits per heavy atom. The molecule has 3 atom stereocenters. The summed E-state index contributed by atoms with van der Waals surface area (Å²) in [4.78, 5) is 25.6. The molecule has 2 aliphatic rings. The van der Waals surface area contributed by atoms with Crippen LogP contribution >= 0.6 is 23.7 Å². The largest absolute Gasteiger partial charge is 0.316 e. The van der Waals surface area contributed by atoms with Crippen molar-refractivity contribution in [2.45, 2.75) is 58.0 Å². The van der Waals surface area contributed by atoms with Crippen molar-refractivity contribution >= 4 is 34.0 Å². The van der Waals surface area contributed by atoms with Gasteiger partial charge in [0.15, 0.2) is 0 Å². The fourth-order valence-corrected chi connectivity index (χ4v) is 5.72. The van der Waals surface area contributed by atoms with Crippen LogP contribution < -0.4 is 10.9 Å². The third kappa shape index (κ3) is 3.57. The molecule has 3 heterocycles. The third-order valence-corrected chi connectivity index (χ3v) is 7.14. The monoisotopic (exact) mass is 396 g/mol. The predicted molar refractivity (Wildman–Crippen MR) is 111 cm³/mol. The lowest BCUT2D eigenvalue weighted by Gasteiger charge is -2.36. The van der Waals surface area contributed by atoms with Crippen molar-refractivity contribution in [1.82, 2.24) is 20.2 Å². The van der Waals surface area contributed by atoms with Crippen LogP contribution in [0.5, 0.6) is 0 Å². The van der Waals surface area contributed by atoms with Crippen molar-refractivity contribution in [3.05, 3.63) is 26.6 Å². The van der Waals surface area contributed by atoms with Gasteiger partial charge in [0.05, 0.1) is 11.4 Å². The molecule has 1 aliphatic carbocycles. The second-order valence-electron chi connectivity index (χ2n) is 7.78. The number of aromatic nitrogens is 2. The molecule has 3 unspecified atom stereocenters. The number of hydrogen-bond donors (Lipinski definition) is 2. The van der Waals surface area contributed by atoms with Gasteiger partial charge in [-0.05, 0) is 64.1 Å². The van der Waals surface area contributed by atoms with Crippen LogP contribution in [0.1, 0.15) is 55.4 Å². The van der Waals surface area contributed by atoms with Gasteiger partial charge < -0.3 is 10.3 Å². The number of fused-ring (bicyclic) bond motifs is 3. The maximum atomic E-state index is 12.8. The fourth-order valence-electron chi connectivity index (χ4n) is 4.33. The average Bonchev–Trinajstić information content (AvgIpc) is 2.98. The second-order valence-corrected chi connectivity index (χ2v) is 8.87. The maximum Gasteiger partial charge on any atom is 0.259 e. The van der Waals surface area contributed by atoms with E-state index in [-0.39, 0.29) is 24.0 Å². The van der Waals surface area contributed by atoms with Crippen LogP contribution in [0.15, 0.2) is 4.79 Å². The summed E-state index contributed by atoms with van der Waals surface area (Å²) < 4.78 is 0. The number of hydrogen-bond acceptors (Lipinski definition) is 5. The highest BCUT2D eigenvalue weighted by Gasteiger charge is 2.27. The van der Waals surface area contributed by atoms with E-state index < -0.39 is 0 Å². The molecule has 1 fully saturated rings. The fraction of sp³-hybridized carbons (Fsp3) is 0.684. The number of aryl methyl sites for hydroxylation is 1. The minimum atomic E-state index is 0. The molecule has 1 saturated heterocycles. The van der Waals surface area contributed by atoms with Gasteiger partial charge in [-0.15, -0.1) is 23.7 Å².